The fourth-order valence-electron chi connectivity index (χ4n) is 3.16. The second-order valence-electron chi connectivity index (χ2n) is 5.78. The second-order valence-corrected chi connectivity index (χ2v) is 6.16. The normalized spacial score (nSPS) is 23.0. The summed E-state index contributed by atoms with van der Waals surface area (Å²) in [5, 5.41) is 0.413. The van der Waals surface area contributed by atoms with E-state index in [9.17, 15) is 0 Å². The number of pyridine rings is 2. The molecule has 0 radical (unpaired) electrons. The van der Waals surface area contributed by atoms with E-state index in [1.807, 2.05) is 18.2 Å². The molecule has 1 saturated heterocycles. The second kappa shape index (κ2) is 6.07. The van der Waals surface area contributed by atoms with E-state index >= 15 is 0 Å². The standard InChI is InChI=1S/C17H17ClN2O3/c18-15-9-14(22-10-12-3-1-2-6-19-12)13-4-7-23-17(16(13)20-15)5-8-21-11-17/h1-3,6,9H,4-5,7-8,10-11H2. The molecule has 120 valence electrons. The lowest BCUT2D eigenvalue weighted by Gasteiger charge is -2.34. The third-order valence-corrected chi connectivity index (χ3v) is 4.49. The summed E-state index contributed by atoms with van der Waals surface area (Å²) in [5.74, 6) is 0.764. The van der Waals surface area contributed by atoms with Crippen LogP contribution in [0.3, 0.4) is 0 Å². The minimum Gasteiger partial charge on any atom is -0.487 e. The van der Waals surface area contributed by atoms with Gasteiger partial charge in [-0.05, 0) is 12.1 Å². The highest BCUT2D eigenvalue weighted by Gasteiger charge is 2.44. The predicted molar refractivity (Wildman–Crippen MR) is 84.6 cm³/mol. The van der Waals surface area contributed by atoms with E-state index in [-0.39, 0.29) is 0 Å². The first kappa shape index (κ1) is 14.9. The molecule has 1 unspecified atom stereocenters. The first-order chi connectivity index (χ1) is 11.3. The first-order valence-corrected chi connectivity index (χ1v) is 8.09. The molecule has 0 aliphatic carbocycles. The van der Waals surface area contributed by atoms with Crippen LogP contribution in [0.2, 0.25) is 5.15 Å². The number of rotatable bonds is 3. The summed E-state index contributed by atoms with van der Waals surface area (Å²) in [5.41, 5.74) is 2.34. The number of halogens is 1. The molecule has 1 fully saturated rings. The highest BCUT2D eigenvalue weighted by Crippen LogP contribution is 2.42. The van der Waals surface area contributed by atoms with E-state index in [1.54, 1.807) is 12.3 Å². The van der Waals surface area contributed by atoms with E-state index in [1.165, 1.54) is 0 Å². The van der Waals surface area contributed by atoms with E-state index in [4.69, 9.17) is 25.8 Å². The van der Waals surface area contributed by atoms with Gasteiger partial charge in [0.05, 0.1) is 24.6 Å². The Kier molecular flexibility index (Phi) is 3.93. The summed E-state index contributed by atoms with van der Waals surface area (Å²) in [6.45, 7) is 2.24. The van der Waals surface area contributed by atoms with Gasteiger partial charge in [0.1, 0.15) is 23.1 Å². The Morgan fingerprint density at radius 3 is 3.04 bits per heavy atom. The topological polar surface area (TPSA) is 53.5 Å². The molecule has 2 aliphatic heterocycles. The number of nitrogens with zero attached hydrogens (tertiary/aromatic N) is 2. The zero-order chi connectivity index (χ0) is 15.7. The molecule has 0 amide bonds. The quantitative estimate of drug-likeness (QED) is 0.809. The van der Waals surface area contributed by atoms with E-state index in [2.05, 4.69) is 9.97 Å². The number of fused-ring (bicyclic) bond motifs is 2. The Labute approximate surface area is 139 Å². The zero-order valence-corrected chi connectivity index (χ0v) is 13.4. The van der Waals surface area contributed by atoms with Gasteiger partial charge in [0.2, 0.25) is 0 Å². The van der Waals surface area contributed by atoms with Crippen molar-refractivity contribution in [3.05, 3.63) is 52.6 Å². The summed E-state index contributed by atoms with van der Waals surface area (Å²) in [7, 11) is 0. The van der Waals surface area contributed by atoms with Crippen LogP contribution < -0.4 is 4.74 Å². The molecule has 0 aromatic carbocycles. The number of aromatic nitrogens is 2. The van der Waals surface area contributed by atoms with E-state index < -0.39 is 5.60 Å². The van der Waals surface area contributed by atoms with Crippen molar-refractivity contribution >= 4 is 11.6 Å². The first-order valence-electron chi connectivity index (χ1n) is 7.71. The summed E-state index contributed by atoms with van der Waals surface area (Å²) in [6, 6.07) is 7.54. The van der Waals surface area contributed by atoms with Crippen LogP contribution in [-0.4, -0.2) is 29.8 Å². The molecule has 0 N–H and O–H groups in total. The monoisotopic (exact) mass is 332 g/mol. The van der Waals surface area contributed by atoms with Gasteiger partial charge in [0.25, 0.3) is 0 Å². The summed E-state index contributed by atoms with van der Waals surface area (Å²) in [4.78, 5) is 8.81. The summed E-state index contributed by atoms with van der Waals surface area (Å²) < 4.78 is 17.5. The summed E-state index contributed by atoms with van der Waals surface area (Å²) >= 11 is 6.22. The van der Waals surface area contributed by atoms with Crippen LogP contribution in [0.25, 0.3) is 0 Å². The molecule has 6 heteroatoms. The van der Waals surface area contributed by atoms with Crippen molar-refractivity contribution in [2.75, 3.05) is 19.8 Å². The van der Waals surface area contributed by atoms with Gasteiger partial charge in [-0.1, -0.05) is 17.7 Å². The predicted octanol–water partition coefficient (Wildman–Crippen LogP) is 2.90. The van der Waals surface area contributed by atoms with Gasteiger partial charge in [0, 0.05) is 37.3 Å². The van der Waals surface area contributed by atoms with Gasteiger partial charge >= 0.3 is 0 Å². The molecular formula is C17H17ClN2O3. The molecule has 1 spiro atoms. The molecule has 0 bridgehead atoms. The average molecular weight is 333 g/mol. The van der Waals surface area contributed by atoms with E-state index in [0.29, 0.717) is 31.6 Å². The Hall–Kier alpha value is -1.69. The van der Waals surface area contributed by atoms with Gasteiger partial charge in [-0.25, -0.2) is 4.98 Å². The van der Waals surface area contributed by atoms with Crippen LogP contribution in [0.5, 0.6) is 5.75 Å². The highest BCUT2D eigenvalue weighted by molar-refractivity contribution is 6.29. The van der Waals surface area contributed by atoms with Crippen LogP contribution >= 0.6 is 11.6 Å². The maximum absolute atomic E-state index is 6.22. The average Bonchev–Trinajstić information content (AvgIpc) is 3.04. The van der Waals surface area contributed by atoms with Crippen LogP contribution in [0, 0.1) is 0 Å². The van der Waals surface area contributed by atoms with E-state index in [0.717, 1.165) is 35.5 Å². The van der Waals surface area contributed by atoms with Gasteiger partial charge in [-0.2, -0.15) is 0 Å². The van der Waals surface area contributed by atoms with Crippen LogP contribution in [-0.2, 0) is 28.1 Å². The zero-order valence-electron chi connectivity index (χ0n) is 12.6. The lowest BCUT2D eigenvalue weighted by atomic mass is 9.90. The third kappa shape index (κ3) is 2.80. The smallest absolute Gasteiger partial charge is 0.136 e. The van der Waals surface area contributed by atoms with Gasteiger partial charge in [-0.15, -0.1) is 0 Å². The van der Waals surface area contributed by atoms with Crippen molar-refractivity contribution in [1.29, 1.82) is 0 Å². The minimum absolute atomic E-state index is 0.401. The molecule has 5 nitrogen and oxygen atoms in total. The fourth-order valence-corrected chi connectivity index (χ4v) is 3.35. The SMILES string of the molecule is Clc1cc(OCc2ccccn2)c2c(n1)C1(CCOC1)OCC2. The lowest BCUT2D eigenvalue weighted by molar-refractivity contribution is -0.0670. The Morgan fingerprint density at radius 1 is 1.30 bits per heavy atom. The summed E-state index contributed by atoms with van der Waals surface area (Å²) in [6.07, 6.45) is 3.32. The molecule has 0 saturated carbocycles. The van der Waals surface area contributed by atoms with Crippen LogP contribution in [0.1, 0.15) is 23.4 Å². The molecule has 4 rings (SSSR count). The van der Waals surface area contributed by atoms with Crippen molar-refractivity contribution in [2.45, 2.75) is 25.0 Å². The van der Waals surface area contributed by atoms with Crippen molar-refractivity contribution < 1.29 is 14.2 Å². The molecule has 4 heterocycles. The van der Waals surface area contributed by atoms with Crippen molar-refractivity contribution in [3.8, 4) is 5.75 Å². The fraction of sp³-hybridized carbons (Fsp3) is 0.412. The number of hydrogen-bond acceptors (Lipinski definition) is 5. The molecular weight excluding hydrogens is 316 g/mol. The molecule has 2 aliphatic rings. The molecule has 2 aromatic heterocycles. The van der Waals surface area contributed by atoms with Crippen molar-refractivity contribution in [2.24, 2.45) is 0 Å². The lowest BCUT2D eigenvalue weighted by Crippen LogP contribution is -2.37. The molecule has 23 heavy (non-hydrogen) atoms. The van der Waals surface area contributed by atoms with Crippen LogP contribution in [0.15, 0.2) is 30.5 Å². The third-order valence-electron chi connectivity index (χ3n) is 4.30. The Morgan fingerprint density at radius 2 is 2.26 bits per heavy atom. The van der Waals surface area contributed by atoms with Crippen LogP contribution in [0.4, 0.5) is 0 Å². The Balaban J connectivity index is 1.67. The van der Waals surface area contributed by atoms with Crippen molar-refractivity contribution in [3.63, 3.8) is 0 Å². The maximum Gasteiger partial charge on any atom is 0.136 e. The molecule has 2 aromatic rings. The van der Waals surface area contributed by atoms with Gasteiger partial charge in [-0.3, -0.25) is 4.98 Å². The van der Waals surface area contributed by atoms with Gasteiger partial charge < -0.3 is 14.2 Å². The largest absolute Gasteiger partial charge is 0.487 e. The maximum atomic E-state index is 6.22. The number of ether oxygens (including phenoxy) is 3. The number of hydrogen-bond donors (Lipinski definition) is 0. The highest BCUT2D eigenvalue weighted by atomic mass is 35.5. The Bertz CT molecular complexity index is 702. The van der Waals surface area contributed by atoms with Crippen molar-refractivity contribution in [1.82, 2.24) is 9.97 Å². The van der Waals surface area contributed by atoms with Gasteiger partial charge in [0.15, 0.2) is 0 Å². The molecule has 1 atom stereocenters. The minimum atomic E-state index is -0.471.